The predicted octanol–water partition coefficient (Wildman–Crippen LogP) is 5.63. The van der Waals surface area contributed by atoms with Crippen LogP contribution in [-0.4, -0.2) is 30.8 Å². The van der Waals surface area contributed by atoms with Crippen molar-refractivity contribution in [2.24, 2.45) is 29.1 Å². The number of esters is 1. The summed E-state index contributed by atoms with van der Waals surface area (Å²) in [6.45, 7) is 4.54. The van der Waals surface area contributed by atoms with Crippen LogP contribution in [0.1, 0.15) is 71.6 Å². The number of fused-ring (bicyclic) bond motifs is 6. The zero-order chi connectivity index (χ0) is 24.2. The van der Waals surface area contributed by atoms with E-state index in [2.05, 4.69) is 13.8 Å². The van der Waals surface area contributed by atoms with Gasteiger partial charge in [0.1, 0.15) is 11.4 Å². The summed E-state index contributed by atoms with van der Waals surface area (Å²) >= 11 is 0. The summed E-state index contributed by atoms with van der Waals surface area (Å²) < 4.78 is 22.8. The van der Waals surface area contributed by atoms with Crippen LogP contribution >= 0.6 is 0 Å². The maximum Gasteiger partial charge on any atom is 0.344 e. The lowest BCUT2D eigenvalue weighted by Gasteiger charge is -2.57. The maximum atomic E-state index is 13.0. The highest BCUT2D eigenvalue weighted by molar-refractivity contribution is 5.91. The second-order valence-corrected chi connectivity index (χ2v) is 11.4. The van der Waals surface area contributed by atoms with Gasteiger partial charge in [-0.1, -0.05) is 12.5 Å². The third-order valence-corrected chi connectivity index (χ3v) is 10.2. The molecule has 0 bridgehead atoms. The van der Waals surface area contributed by atoms with Gasteiger partial charge in [0.2, 0.25) is 6.79 Å². The van der Waals surface area contributed by atoms with Gasteiger partial charge < -0.3 is 18.9 Å². The van der Waals surface area contributed by atoms with E-state index in [1.807, 2.05) is 6.08 Å². The van der Waals surface area contributed by atoms with E-state index in [4.69, 9.17) is 18.9 Å². The summed E-state index contributed by atoms with van der Waals surface area (Å²) in [5.74, 6) is 4.43. The van der Waals surface area contributed by atoms with Crippen molar-refractivity contribution < 1.29 is 28.5 Å². The van der Waals surface area contributed by atoms with E-state index in [-0.39, 0.29) is 24.8 Å². The second kappa shape index (κ2) is 8.56. The lowest BCUT2D eigenvalue weighted by atomic mass is 9.49. The molecule has 188 valence electrons. The molecular weight excluding hydrogens is 444 g/mol. The molecule has 1 aliphatic heterocycles. The normalized spacial score (nSPS) is 37.1. The Bertz CT molecular complexity index is 1060. The van der Waals surface area contributed by atoms with Crippen LogP contribution in [0.25, 0.3) is 0 Å². The monoisotopic (exact) mass is 480 g/mol. The first-order chi connectivity index (χ1) is 16.9. The number of hydrogen-bond donors (Lipinski definition) is 0. The molecule has 0 aromatic heterocycles. The Kier molecular flexibility index (Phi) is 5.61. The van der Waals surface area contributed by atoms with Crippen LogP contribution in [0.15, 0.2) is 29.8 Å². The van der Waals surface area contributed by atoms with Gasteiger partial charge in [-0.05, 0) is 100 Å². The molecule has 6 nitrogen and oxygen atoms in total. The lowest BCUT2D eigenvalue weighted by molar-refractivity contribution is -0.184. The fourth-order valence-electron chi connectivity index (χ4n) is 8.58. The Balaban J connectivity index is 1.15. The number of benzene rings is 1. The Hall–Kier alpha value is -2.50. The first-order valence-electron chi connectivity index (χ1n) is 13.4. The topological polar surface area (TPSA) is 71.1 Å². The Morgan fingerprint density at radius 1 is 1.06 bits per heavy atom. The van der Waals surface area contributed by atoms with Crippen LogP contribution in [0.4, 0.5) is 0 Å². The van der Waals surface area contributed by atoms with E-state index in [1.54, 1.807) is 18.2 Å². The number of carbonyl (C=O) groups excluding carboxylic acids is 2. The van der Waals surface area contributed by atoms with E-state index < -0.39 is 5.60 Å². The van der Waals surface area contributed by atoms with Gasteiger partial charge in [-0.2, -0.15) is 0 Å². The van der Waals surface area contributed by atoms with Crippen molar-refractivity contribution in [3.63, 3.8) is 0 Å². The molecule has 3 saturated carbocycles. The molecule has 0 spiro atoms. The molecule has 6 rings (SSSR count). The zero-order valence-corrected chi connectivity index (χ0v) is 20.8. The maximum absolute atomic E-state index is 13.0. The highest BCUT2D eigenvalue weighted by atomic mass is 16.7. The number of rotatable bonds is 5. The van der Waals surface area contributed by atoms with Crippen molar-refractivity contribution in [2.75, 3.05) is 13.4 Å². The third kappa shape index (κ3) is 3.66. The fraction of sp³-hybridized carbons (Fsp3) is 0.655. The van der Waals surface area contributed by atoms with Crippen molar-refractivity contribution >= 4 is 11.8 Å². The molecule has 1 aromatic carbocycles. The van der Waals surface area contributed by atoms with Crippen molar-refractivity contribution in [1.82, 2.24) is 0 Å². The van der Waals surface area contributed by atoms with Gasteiger partial charge in [0.25, 0.3) is 0 Å². The molecular formula is C29H36O6. The van der Waals surface area contributed by atoms with Gasteiger partial charge in [0, 0.05) is 17.9 Å². The Morgan fingerprint density at radius 2 is 1.91 bits per heavy atom. The summed E-state index contributed by atoms with van der Waals surface area (Å²) in [6, 6.07) is 5.33. The van der Waals surface area contributed by atoms with Gasteiger partial charge in [-0.25, -0.2) is 4.79 Å². The van der Waals surface area contributed by atoms with Crippen LogP contribution in [0.5, 0.6) is 17.2 Å². The number of ketones is 1. The Labute approximate surface area is 207 Å². The number of carbonyl (C=O) groups is 2. The third-order valence-electron chi connectivity index (χ3n) is 10.2. The fourth-order valence-corrected chi connectivity index (χ4v) is 8.58. The van der Waals surface area contributed by atoms with E-state index >= 15 is 0 Å². The molecule has 6 heteroatoms. The number of hydrogen-bond acceptors (Lipinski definition) is 6. The standard InChI is InChI=1S/C29H36O6/c1-3-29-13-10-22-21-8-5-19(30)14-18(21)4-7-23(22)24(29)11-12-28(29,2)35-27(31)16-32-20-6-9-25-26(15-20)34-17-33-25/h6,9,14-15,21-24H,3-5,7-8,10-13,16-17H2,1-2H3/t21?,22?,23?,24?,28-,29-/m0/s1. The summed E-state index contributed by atoms with van der Waals surface area (Å²) in [5, 5.41) is 0. The molecule has 35 heavy (non-hydrogen) atoms. The van der Waals surface area contributed by atoms with Crippen molar-refractivity contribution in [2.45, 2.75) is 77.2 Å². The highest BCUT2D eigenvalue weighted by Gasteiger charge is 2.64. The van der Waals surface area contributed by atoms with Crippen LogP contribution in [0, 0.1) is 29.1 Å². The van der Waals surface area contributed by atoms with Gasteiger partial charge >= 0.3 is 5.97 Å². The van der Waals surface area contributed by atoms with Crippen LogP contribution in [0.3, 0.4) is 0 Å². The zero-order valence-electron chi connectivity index (χ0n) is 20.8. The summed E-state index contributed by atoms with van der Waals surface area (Å²) in [6.07, 6.45) is 11.3. The summed E-state index contributed by atoms with van der Waals surface area (Å²) in [5.41, 5.74) is 0.971. The predicted molar refractivity (Wildman–Crippen MR) is 129 cm³/mol. The smallest absolute Gasteiger partial charge is 0.344 e. The van der Waals surface area contributed by atoms with Crippen LogP contribution < -0.4 is 14.2 Å². The van der Waals surface area contributed by atoms with Crippen molar-refractivity contribution in [1.29, 1.82) is 0 Å². The molecule has 0 N–H and O–H groups in total. The van der Waals surface area contributed by atoms with Gasteiger partial charge in [0.15, 0.2) is 23.9 Å². The van der Waals surface area contributed by atoms with Gasteiger partial charge in [-0.3, -0.25) is 4.79 Å². The molecule has 4 unspecified atom stereocenters. The first kappa shape index (κ1) is 22.9. The van der Waals surface area contributed by atoms with Gasteiger partial charge in [-0.15, -0.1) is 0 Å². The van der Waals surface area contributed by atoms with E-state index in [1.165, 1.54) is 18.4 Å². The second-order valence-electron chi connectivity index (χ2n) is 11.4. The molecule has 5 aliphatic rings. The Morgan fingerprint density at radius 3 is 2.77 bits per heavy atom. The molecule has 4 aliphatic carbocycles. The molecule has 0 radical (unpaired) electrons. The molecule has 3 fully saturated rings. The molecule has 6 atom stereocenters. The van der Waals surface area contributed by atoms with Crippen molar-refractivity contribution in [3.8, 4) is 17.2 Å². The van der Waals surface area contributed by atoms with Crippen LogP contribution in [-0.2, 0) is 14.3 Å². The van der Waals surface area contributed by atoms with Crippen LogP contribution in [0.2, 0.25) is 0 Å². The quantitative estimate of drug-likeness (QED) is 0.509. The summed E-state index contributed by atoms with van der Waals surface area (Å²) in [7, 11) is 0. The van der Waals surface area contributed by atoms with E-state index in [0.29, 0.717) is 53.1 Å². The molecule has 1 heterocycles. The minimum Gasteiger partial charge on any atom is -0.482 e. The molecule has 1 aromatic rings. The molecule has 0 amide bonds. The average molecular weight is 481 g/mol. The average Bonchev–Trinajstić information content (AvgIpc) is 3.44. The largest absolute Gasteiger partial charge is 0.482 e. The first-order valence-corrected chi connectivity index (χ1v) is 13.4. The minimum atomic E-state index is -0.467. The highest BCUT2D eigenvalue weighted by Crippen LogP contribution is 2.67. The molecule has 0 saturated heterocycles. The van der Waals surface area contributed by atoms with E-state index in [0.717, 1.165) is 38.5 Å². The lowest BCUT2D eigenvalue weighted by Crippen LogP contribution is -2.54. The number of allylic oxidation sites excluding steroid dienone is 1. The van der Waals surface area contributed by atoms with Crippen molar-refractivity contribution in [3.05, 3.63) is 29.8 Å². The SMILES string of the molecule is CC[C@]12CCC3C4CCC(=O)C=C4CCC3C1CC[C@]2(C)OC(=O)COc1ccc2c(c1)OCO2. The van der Waals surface area contributed by atoms with E-state index in [9.17, 15) is 9.59 Å². The summed E-state index contributed by atoms with van der Waals surface area (Å²) in [4.78, 5) is 25.0. The minimum absolute atomic E-state index is 0.0221. The number of ether oxygens (including phenoxy) is 4. The van der Waals surface area contributed by atoms with Gasteiger partial charge in [0.05, 0.1) is 0 Å².